The predicted molar refractivity (Wildman–Crippen MR) is 72.4 cm³/mol. The van der Waals surface area contributed by atoms with Crippen molar-refractivity contribution in [1.29, 1.82) is 0 Å². The first kappa shape index (κ1) is 10.8. The molecule has 0 radical (unpaired) electrons. The van der Waals surface area contributed by atoms with E-state index in [4.69, 9.17) is 5.73 Å². The van der Waals surface area contributed by atoms with E-state index in [-0.39, 0.29) is 6.04 Å². The number of nitrogens with zero attached hydrogens (tertiary/aromatic N) is 2. The van der Waals surface area contributed by atoms with E-state index in [1.165, 1.54) is 27.4 Å². The molecule has 1 aromatic carbocycles. The maximum Gasteiger partial charge on any atom is 0.0913 e. The van der Waals surface area contributed by atoms with Gasteiger partial charge in [-0.3, -0.25) is 0 Å². The monoisotopic (exact) mass is 261 g/mol. The van der Waals surface area contributed by atoms with Crippen molar-refractivity contribution in [2.24, 2.45) is 5.73 Å². The van der Waals surface area contributed by atoms with E-state index in [1.54, 1.807) is 17.5 Å². The van der Waals surface area contributed by atoms with Crippen LogP contribution in [0.5, 0.6) is 0 Å². The SMILES string of the molecule is NC(Cc1csc2ccccc12)c1cnsn1. The summed E-state index contributed by atoms with van der Waals surface area (Å²) in [4.78, 5) is 0. The molecule has 0 fully saturated rings. The molecule has 0 bridgehead atoms. The van der Waals surface area contributed by atoms with Crippen LogP contribution in [0.4, 0.5) is 0 Å². The zero-order valence-electron chi connectivity index (χ0n) is 9.04. The van der Waals surface area contributed by atoms with E-state index in [0.29, 0.717) is 0 Å². The van der Waals surface area contributed by atoms with Gasteiger partial charge in [-0.25, -0.2) is 0 Å². The quantitative estimate of drug-likeness (QED) is 0.788. The molecular weight excluding hydrogens is 250 g/mol. The molecule has 0 spiro atoms. The van der Waals surface area contributed by atoms with Crippen LogP contribution < -0.4 is 5.73 Å². The number of rotatable bonds is 3. The topological polar surface area (TPSA) is 51.8 Å². The molecule has 0 aliphatic heterocycles. The van der Waals surface area contributed by atoms with Crippen molar-refractivity contribution in [3.8, 4) is 0 Å². The van der Waals surface area contributed by atoms with Crippen molar-refractivity contribution >= 4 is 33.2 Å². The van der Waals surface area contributed by atoms with Gasteiger partial charge in [0.15, 0.2) is 0 Å². The lowest BCUT2D eigenvalue weighted by molar-refractivity contribution is 0.709. The fraction of sp³-hybridized carbons (Fsp3) is 0.167. The Morgan fingerprint density at radius 2 is 2.18 bits per heavy atom. The molecule has 1 unspecified atom stereocenters. The van der Waals surface area contributed by atoms with Gasteiger partial charge < -0.3 is 5.73 Å². The third-order valence-corrected chi connectivity index (χ3v) is 4.26. The molecule has 0 saturated carbocycles. The summed E-state index contributed by atoms with van der Waals surface area (Å²) in [5, 5.41) is 3.49. The van der Waals surface area contributed by atoms with E-state index in [0.717, 1.165) is 12.1 Å². The number of hydrogen-bond donors (Lipinski definition) is 1. The molecule has 0 aliphatic rings. The minimum Gasteiger partial charge on any atom is -0.322 e. The summed E-state index contributed by atoms with van der Waals surface area (Å²) >= 11 is 2.97. The summed E-state index contributed by atoms with van der Waals surface area (Å²) in [6, 6.07) is 8.35. The van der Waals surface area contributed by atoms with Crippen LogP contribution in [0.1, 0.15) is 17.3 Å². The zero-order valence-corrected chi connectivity index (χ0v) is 10.7. The van der Waals surface area contributed by atoms with Crippen LogP contribution in [0.15, 0.2) is 35.8 Å². The maximum atomic E-state index is 6.13. The zero-order chi connectivity index (χ0) is 11.7. The molecule has 17 heavy (non-hydrogen) atoms. The van der Waals surface area contributed by atoms with Crippen molar-refractivity contribution in [3.63, 3.8) is 0 Å². The minimum atomic E-state index is -0.0632. The summed E-state index contributed by atoms with van der Waals surface area (Å²) in [6.07, 6.45) is 2.57. The highest BCUT2D eigenvalue weighted by Crippen LogP contribution is 2.28. The largest absolute Gasteiger partial charge is 0.322 e. The predicted octanol–water partition coefficient (Wildman–Crippen LogP) is 3.00. The van der Waals surface area contributed by atoms with Crippen LogP contribution in [0.3, 0.4) is 0 Å². The van der Waals surface area contributed by atoms with E-state index < -0.39 is 0 Å². The van der Waals surface area contributed by atoms with Crippen molar-refractivity contribution in [1.82, 2.24) is 8.75 Å². The minimum absolute atomic E-state index is 0.0632. The molecule has 2 heterocycles. The normalized spacial score (nSPS) is 13.0. The van der Waals surface area contributed by atoms with Gasteiger partial charge >= 0.3 is 0 Å². The summed E-state index contributed by atoms with van der Waals surface area (Å²) in [7, 11) is 0. The van der Waals surface area contributed by atoms with Crippen LogP contribution in [0, 0.1) is 0 Å². The van der Waals surface area contributed by atoms with Crippen LogP contribution in [0.25, 0.3) is 10.1 Å². The lowest BCUT2D eigenvalue weighted by Crippen LogP contribution is -2.13. The second-order valence-corrected chi connectivity index (χ2v) is 5.37. The number of nitrogens with two attached hydrogens (primary N) is 1. The molecule has 3 rings (SSSR count). The van der Waals surface area contributed by atoms with Crippen molar-refractivity contribution < 1.29 is 0 Å². The molecule has 0 saturated heterocycles. The lowest BCUT2D eigenvalue weighted by Gasteiger charge is -2.06. The number of hydrogen-bond acceptors (Lipinski definition) is 5. The Kier molecular flexibility index (Phi) is 2.88. The summed E-state index contributed by atoms with van der Waals surface area (Å²) in [5.74, 6) is 0. The maximum absolute atomic E-state index is 6.13. The van der Waals surface area contributed by atoms with Gasteiger partial charge in [-0.2, -0.15) is 8.75 Å². The molecule has 0 aliphatic carbocycles. The fourth-order valence-corrected chi connectivity index (χ4v) is 3.32. The van der Waals surface area contributed by atoms with E-state index in [1.807, 2.05) is 0 Å². The van der Waals surface area contributed by atoms with Crippen molar-refractivity contribution in [2.75, 3.05) is 0 Å². The Bertz CT molecular complexity index is 616. The first-order valence-electron chi connectivity index (χ1n) is 5.33. The van der Waals surface area contributed by atoms with Gasteiger partial charge in [-0.05, 0) is 28.8 Å². The van der Waals surface area contributed by atoms with Crippen LogP contribution in [-0.2, 0) is 6.42 Å². The van der Waals surface area contributed by atoms with Crippen LogP contribution in [0.2, 0.25) is 0 Å². The Hall–Kier alpha value is -1.30. The average molecular weight is 261 g/mol. The second kappa shape index (κ2) is 4.52. The standard InChI is InChI=1S/C12H11N3S2/c13-10(11-6-14-17-15-11)5-8-7-16-12-4-2-1-3-9(8)12/h1-4,6-7,10H,5,13H2. The Balaban J connectivity index is 1.90. The first-order valence-corrected chi connectivity index (χ1v) is 6.94. The molecule has 2 N–H and O–H groups in total. The average Bonchev–Trinajstić information content (AvgIpc) is 2.98. The van der Waals surface area contributed by atoms with Gasteiger partial charge in [0.1, 0.15) is 0 Å². The van der Waals surface area contributed by atoms with E-state index in [9.17, 15) is 0 Å². The summed E-state index contributed by atoms with van der Waals surface area (Å²) in [6.45, 7) is 0. The molecule has 1 atom stereocenters. The Labute approximate surface area is 107 Å². The highest BCUT2D eigenvalue weighted by atomic mass is 32.1. The molecule has 0 amide bonds. The molecule has 2 aromatic heterocycles. The van der Waals surface area contributed by atoms with Gasteiger partial charge in [0.25, 0.3) is 0 Å². The van der Waals surface area contributed by atoms with E-state index in [2.05, 4.69) is 38.4 Å². The smallest absolute Gasteiger partial charge is 0.0913 e. The number of aromatic nitrogens is 2. The van der Waals surface area contributed by atoms with Gasteiger partial charge in [-0.1, -0.05) is 18.2 Å². The lowest BCUT2D eigenvalue weighted by atomic mass is 10.0. The molecular formula is C12H11N3S2. The molecule has 86 valence electrons. The van der Waals surface area contributed by atoms with Crippen molar-refractivity contribution in [2.45, 2.75) is 12.5 Å². The van der Waals surface area contributed by atoms with Crippen LogP contribution >= 0.6 is 23.1 Å². The summed E-state index contributed by atoms with van der Waals surface area (Å²) < 4.78 is 9.48. The van der Waals surface area contributed by atoms with Crippen LogP contribution in [-0.4, -0.2) is 8.75 Å². The van der Waals surface area contributed by atoms with Gasteiger partial charge in [0.2, 0.25) is 0 Å². The highest BCUT2D eigenvalue weighted by Gasteiger charge is 2.12. The molecule has 3 aromatic rings. The third-order valence-electron chi connectivity index (χ3n) is 2.76. The number of thiophene rings is 1. The number of benzene rings is 1. The van der Waals surface area contributed by atoms with Crippen molar-refractivity contribution in [3.05, 3.63) is 47.1 Å². The van der Waals surface area contributed by atoms with Gasteiger partial charge in [-0.15, -0.1) is 11.3 Å². The molecule has 5 heteroatoms. The van der Waals surface area contributed by atoms with Gasteiger partial charge in [0.05, 0.1) is 29.7 Å². The highest BCUT2D eigenvalue weighted by molar-refractivity contribution is 7.17. The third kappa shape index (κ3) is 2.09. The molecule has 3 nitrogen and oxygen atoms in total. The van der Waals surface area contributed by atoms with E-state index >= 15 is 0 Å². The fourth-order valence-electron chi connectivity index (χ4n) is 1.87. The second-order valence-electron chi connectivity index (χ2n) is 3.90. The summed E-state index contributed by atoms with van der Waals surface area (Å²) in [5.41, 5.74) is 8.31. The first-order chi connectivity index (χ1) is 8.34. The Morgan fingerprint density at radius 3 is 3.00 bits per heavy atom. The van der Waals surface area contributed by atoms with Gasteiger partial charge in [0, 0.05) is 4.70 Å². The number of fused-ring (bicyclic) bond motifs is 1. The Morgan fingerprint density at radius 1 is 1.29 bits per heavy atom.